The molecule has 2 fully saturated rings. The molecule has 2 aromatic carbocycles. The summed E-state index contributed by atoms with van der Waals surface area (Å²) in [5.41, 5.74) is 1.73. The summed E-state index contributed by atoms with van der Waals surface area (Å²) < 4.78 is 34.1. The molecule has 0 radical (unpaired) electrons. The molecular formula is C33H36ClF2N7O2. The van der Waals surface area contributed by atoms with Crippen molar-refractivity contribution in [2.75, 3.05) is 69.3 Å². The minimum atomic E-state index is -1.09. The number of fused-ring (bicyclic) bond motifs is 2. The van der Waals surface area contributed by atoms with Crippen molar-refractivity contribution >= 4 is 39.8 Å². The maximum absolute atomic E-state index is 14.3. The van der Waals surface area contributed by atoms with Crippen LogP contribution in [0.3, 0.4) is 0 Å². The molecule has 0 unspecified atom stereocenters. The molecule has 45 heavy (non-hydrogen) atoms. The van der Waals surface area contributed by atoms with Crippen LogP contribution in [0.25, 0.3) is 15.6 Å². The lowest BCUT2D eigenvalue weighted by Crippen LogP contribution is -2.57. The fourth-order valence-corrected chi connectivity index (χ4v) is 6.62. The third-order valence-electron chi connectivity index (χ3n) is 8.82. The highest BCUT2D eigenvalue weighted by molar-refractivity contribution is 6.36. The molecule has 1 amide bonds. The summed E-state index contributed by atoms with van der Waals surface area (Å²) in [6.07, 6.45) is 1.85. The smallest absolute Gasteiger partial charge is 0.318 e. The van der Waals surface area contributed by atoms with Crippen LogP contribution >= 0.6 is 11.6 Å². The van der Waals surface area contributed by atoms with Gasteiger partial charge in [0.15, 0.2) is 5.83 Å². The van der Waals surface area contributed by atoms with Crippen molar-refractivity contribution in [3.05, 3.63) is 76.5 Å². The van der Waals surface area contributed by atoms with Crippen LogP contribution in [-0.2, 0) is 17.8 Å². The maximum atomic E-state index is 14.3. The SMILES string of the molecule is [C-]#[N+]C[C@H]1CN(c2nc(OCCN(C)CC3(F)CC3)nc3c2CCN(c2cccc4cccc(Cl)c24)C3)CCN1C(=O)C(=C)F. The van der Waals surface area contributed by atoms with Gasteiger partial charge in [-0.25, -0.2) is 15.4 Å². The second-order valence-corrected chi connectivity index (χ2v) is 12.5. The number of ether oxygens (including phenoxy) is 1. The Hall–Kier alpha value is -4.01. The van der Waals surface area contributed by atoms with Crippen molar-refractivity contribution in [3.63, 3.8) is 0 Å². The third kappa shape index (κ3) is 6.67. The van der Waals surface area contributed by atoms with E-state index in [1.165, 1.54) is 4.90 Å². The van der Waals surface area contributed by atoms with Crippen LogP contribution in [0.2, 0.25) is 5.02 Å². The number of likely N-dealkylation sites (N-methyl/N-ethyl adjacent to an activating group) is 1. The van der Waals surface area contributed by atoms with Crippen LogP contribution in [0.5, 0.6) is 6.01 Å². The Bertz CT molecular complexity index is 1650. The molecule has 1 atom stereocenters. The van der Waals surface area contributed by atoms with Gasteiger partial charge < -0.3 is 24.3 Å². The molecule has 0 spiro atoms. The molecule has 6 rings (SSSR count). The fraction of sp³-hybridized carbons (Fsp3) is 0.455. The van der Waals surface area contributed by atoms with Gasteiger partial charge in [0, 0.05) is 55.9 Å². The predicted molar refractivity (Wildman–Crippen MR) is 171 cm³/mol. The van der Waals surface area contributed by atoms with Gasteiger partial charge in [-0.2, -0.15) is 9.97 Å². The van der Waals surface area contributed by atoms with Crippen molar-refractivity contribution in [2.24, 2.45) is 0 Å². The number of anilines is 2. The molecule has 236 valence electrons. The van der Waals surface area contributed by atoms with Gasteiger partial charge in [0.1, 0.15) is 24.1 Å². The summed E-state index contributed by atoms with van der Waals surface area (Å²) in [5, 5.41) is 2.72. The summed E-state index contributed by atoms with van der Waals surface area (Å²) in [5.74, 6) is -1.12. The molecule has 1 saturated heterocycles. The number of nitrogens with zero attached hydrogens (tertiary/aromatic N) is 7. The molecule has 1 aromatic heterocycles. The van der Waals surface area contributed by atoms with Gasteiger partial charge in [0.25, 0.3) is 5.91 Å². The third-order valence-corrected chi connectivity index (χ3v) is 9.14. The van der Waals surface area contributed by atoms with E-state index in [9.17, 15) is 13.6 Å². The number of carbonyl (C=O) groups excluding carboxylic acids is 1. The fourth-order valence-electron chi connectivity index (χ4n) is 6.34. The highest BCUT2D eigenvalue weighted by Crippen LogP contribution is 2.40. The molecule has 3 aromatic rings. The summed E-state index contributed by atoms with van der Waals surface area (Å²) in [4.78, 5) is 33.3. The van der Waals surface area contributed by atoms with Crippen LogP contribution in [-0.4, -0.2) is 96.9 Å². The first-order chi connectivity index (χ1) is 21.7. The quantitative estimate of drug-likeness (QED) is 0.227. The summed E-state index contributed by atoms with van der Waals surface area (Å²) in [6, 6.07) is 11.7. The number of piperazine rings is 1. The highest BCUT2D eigenvalue weighted by atomic mass is 35.5. The molecule has 3 heterocycles. The predicted octanol–water partition coefficient (Wildman–Crippen LogP) is 5.08. The number of aromatic nitrogens is 2. The monoisotopic (exact) mass is 635 g/mol. The van der Waals surface area contributed by atoms with Gasteiger partial charge in [0.2, 0.25) is 6.54 Å². The molecule has 3 aliphatic rings. The number of carbonyl (C=O) groups is 1. The Morgan fingerprint density at radius 1 is 1.20 bits per heavy atom. The first-order valence-corrected chi connectivity index (χ1v) is 15.6. The Balaban J connectivity index is 1.29. The van der Waals surface area contributed by atoms with Crippen molar-refractivity contribution in [2.45, 2.75) is 37.5 Å². The van der Waals surface area contributed by atoms with Crippen molar-refractivity contribution < 1.29 is 18.3 Å². The first kappa shape index (κ1) is 31.0. The van der Waals surface area contributed by atoms with Gasteiger partial charge in [-0.15, -0.1) is 0 Å². The molecule has 2 aliphatic heterocycles. The van der Waals surface area contributed by atoms with E-state index in [1.54, 1.807) is 0 Å². The van der Waals surface area contributed by atoms with E-state index in [1.807, 2.05) is 47.2 Å². The average molecular weight is 636 g/mol. The van der Waals surface area contributed by atoms with Crippen molar-refractivity contribution in [3.8, 4) is 6.01 Å². The Kier molecular flexibility index (Phi) is 8.80. The Morgan fingerprint density at radius 2 is 1.98 bits per heavy atom. The minimum absolute atomic E-state index is 0.0319. The molecule has 1 aliphatic carbocycles. The number of hydrogen-bond donors (Lipinski definition) is 0. The van der Waals surface area contributed by atoms with Crippen LogP contribution < -0.4 is 14.5 Å². The second kappa shape index (κ2) is 12.8. The van der Waals surface area contributed by atoms with E-state index in [0.29, 0.717) is 69.4 Å². The molecule has 0 N–H and O–H groups in total. The highest BCUT2D eigenvalue weighted by Gasteiger charge is 2.43. The van der Waals surface area contributed by atoms with E-state index in [-0.39, 0.29) is 25.7 Å². The van der Waals surface area contributed by atoms with Gasteiger partial charge in [0.05, 0.1) is 17.3 Å². The number of benzene rings is 2. The van der Waals surface area contributed by atoms with Gasteiger partial charge >= 0.3 is 6.01 Å². The maximum Gasteiger partial charge on any atom is 0.318 e. The molecule has 12 heteroatoms. The number of rotatable bonds is 10. The van der Waals surface area contributed by atoms with E-state index in [0.717, 1.165) is 27.7 Å². The Morgan fingerprint density at radius 3 is 2.71 bits per heavy atom. The minimum Gasteiger partial charge on any atom is -0.462 e. The normalized spacial score (nSPS) is 18.9. The van der Waals surface area contributed by atoms with Crippen LogP contribution in [0.4, 0.5) is 20.3 Å². The first-order valence-electron chi connectivity index (χ1n) is 15.2. The summed E-state index contributed by atoms with van der Waals surface area (Å²) >= 11 is 6.67. The van der Waals surface area contributed by atoms with E-state index < -0.39 is 23.4 Å². The largest absolute Gasteiger partial charge is 0.462 e. The van der Waals surface area contributed by atoms with Crippen LogP contribution in [0.15, 0.2) is 48.8 Å². The topological polar surface area (TPSA) is 69.4 Å². The Labute approximate surface area is 266 Å². The van der Waals surface area contributed by atoms with E-state index >= 15 is 0 Å². The zero-order chi connectivity index (χ0) is 31.7. The number of amides is 1. The summed E-state index contributed by atoms with van der Waals surface area (Å²) in [7, 11) is 1.87. The van der Waals surface area contributed by atoms with Gasteiger partial charge in [-0.3, -0.25) is 9.69 Å². The van der Waals surface area contributed by atoms with Crippen molar-refractivity contribution in [1.82, 2.24) is 19.8 Å². The average Bonchev–Trinajstić information content (AvgIpc) is 3.75. The standard InChI is InChI=1S/C33H36ClF2N7O2/c1-22(35)31(44)43-15-14-42(19-24(43)18-37-2)30-25-10-13-41(28-9-5-7-23-6-4-8-26(34)29(23)28)20-27(25)38-32(39-30)45-17-16-40(3)21-33(36)11-12-33/h4-9,24H,1,10-21H2,3H3/t24-/m0/s1. The van der Waals surface area contributed by atoms with Crippen molar-refractivity contribution in [1.29, 1.82) is 0 Å². The molecule has 9 nitrogen and oxygen atoms in total. The lowest BCUT2D eigenvalue weighted by atomic mass is 10.0. The molecule has 1 saturated carbocycles. The van der Waals surface area contributed by atoms with Gasteiger partial charge in [-0.1, -0.05) is 42.4 Å². The zero-order valence-corrected chi connectivity index (χ0v) is 26.1. The lowest BCUT2D eigenvalue weighted by molar-refractivity contribution is -0.131. The number of alkyl halides is 1. The molecular weight excluding hydrogens is 600 g/mol. The van der Waals surface area contributed by atoms with E-state index in [2.05, 4.69) is 22.4 Å². The van der Waals surface area contributed by atoms with Crippen LogP contribution in [0.1, 0.15) is 24.1 Å². The number of halogens is 3. The number of hydrogen-bond acceptors (Lipinski definition) is 7. The summed E-state index contributed by atoms with van der Waals surface area (Å²) in [6.45, 7) is 14.0. The second-order valence-electron chi connectivity index (χ2n) is 12.1. The molecule has 0 bridgehead atoms. The lowest BCUT2D eigenvalue weighted by Gasteiger charge is -2.41. The van der Waals surface area contributed by atoms with Gasteiger partial charge in [-0.05, 0) is 43.8 Å². The van der Waals surface area contributed by atoms with E-state index in [4.69, 9.17) is 32.9 Å². The van der Waals surface area contributed by atoms with Crippen LogP contribution in [0, 0.1) is 6.57 Å². The zero-order valence-electron chi connectivity index (χ0n) is 25.3.